The maximum absolute atomic E-state index is 2.52. The molecule has 0 aliphatic heterocycles. The molecule has 0 heteroatoms. The highest BCUT2D eigenvalue weighted by molar-refractivity contribution is 6.21. The average molecular weight is 919 g/mol. The molecule has 0 heterocycles. The van der Waals surface area contributed by atoms with Crippen LogP contribution in [0.2, 0.25) is 0 Å². The minimum absolute atomic E-state index is 0.267. The van der Waals surface area contributed by atoms with Gasteiger partial charge in [-0.25, -0.2) is 0 Å². The smallest absolute Gasteiger partial charge is 0.0165 e. The second-order valence-corrected chi connectivity index (χ2v) is 23.9. The Morgan fingerprint density at radius 2 is 0.458 bits per heavy atom. The van der Waals surface area contributed by atoms with Gasteiger partial charge in [-0.05, 0) is 165 Å². The van der Waals surface area contributed by atoms with E-state index >= 15 is 0 Å². The van der Waals surface area contributed by atoms with Gasteiger partial charge in [-0.1, -0.05) is 237 Å². The van der Waals surface area contributed by atoms with Gasteiger partial charge in [0.05, 0.1) is 0 Å². The topological polar surface area (TPSA) is 0 Å². The minimum atomic E-state index is -0.308. The summed E-state index contributed by atoms with van der Waals surface area (Å²) in [6.45, 7) is 20.0. The van der Waals surface area contributed by atoms with Crippen LogP contribution in [0.1, 0.15) is 99.9 Å². The van der Waals surface area contributed by atoms with Crippen molar-refractivity contribution in [3.8, 4) is 55.6 Å². The Hall–Kier alpha value is -7.80. The van der Waals surface area contributed by atoms with Crippen molar-refractivity contribution in [2.75, 3.05) is 0 Å². The van der Waals surface area contributed by atoms with E-state index in [9.17, 15) is 0 Å². The predicted octanol–water partition coefficient (Wildman–Crippen LogP) is 19.5. The van der Waals surface area contributed by atoms with Crippen LogP contribution in [0, 0.1) is 0 Å². The Bertz CT molecular complexity index is 4240. The molecule has 0 nitrogen and oxygen atoms in total. The Morgan fingerprint density at radius 1 is 0.208 bits per heavy atom. The fourth-order valence-electron chi connectivity index (χ4n) is 15.7. The van der Waals surface area contributed by atoms with Crippen LogP contribution < -0.4 is 0 Å². The first-order chi connectivity index (χ1) is 34.8. The third-order valence-corrected chi connectivity index (χ3v) is 18.9. The number of hydrogen-bond donors (Lipinski definition) is 0. The van der Waals surface area contributed by atoms with Crippen LogP contribution in [0.15, 0.2) is 182 Å². The van der Waals surface area contributed by atoms with E-state index in [1.165, 1.54) is 165 Å². The molecule has 4 aliphatic rings. The molecular weight excluding hydrogens is 865 g/mol. The highest BCUT2D eigenvalue weighted by Crippen LogP contribution is 2.65. The van der Waals surface area contributed by atoms with Crippen molar-refractivity contribution in [1.29, 1.82) is 0 Å². The van der Waals surface area contributed by atoms with Gasteiger partial charge < -0.3 is 0 Å². The molecule has 0 aromatic heterocycles. The fourth-order valence-corrected chi connectivity index (χ4v) is 15.7. The summed E-state index contributed by atoms with van der Waals surface area (Å²) in [7, 11) is 0. The van der Waals surface area contributed by atoms with E-state index in [4.69, 9.17) is 0 Å². The Balaban J connectivity index is 0.999. The van der Waals surface area contributed by atoms with E-state index in [-0.39, 0.29) is 21.7 Å². The third-order valence-electron chi connectivity index (χ3n) is 18.9. The first kappa shape index (κ1) is 40.9. The molecule has 12 aromatic rings. The largest absolute Gasteiger partial charge is 0.0616 e. The summed E-state index contributed by atoms with van der Waals surface area (Å²) in [5, 5.41) is 16.2. The number of hydrogen-bond acceptors (Lipinski definition) is 0. The molecular formula is C72H54. The lowest BCUT2D eigenvalue weighted by molar-refractivity contribution is 0.625. The molecule has 0 saturated carbocycles. The quantitative estimate of drug-likeness (QED) is 0.166. The maximum Gasteiger partial charge on any atom is 0.0165 e. The molecule has 4 aliphatic carbocycles. The van der Waals surface area contributed by atoms with Crippen LogP contribution >= 0.6 is 0 Å². The SMILES string of the molecule is CC1(C)c2ccc3ccc(-c4cccc5ccccc45)c4c3c2-c2c(ccc3ccc(-c5ccc6ccc7c8c6c5C(C)(C)c5ccc6ccc(-c9cccc%10ccccc9%10)c(c6c5-8)C7(C)C)c1c23)C4(C)C. The molecule has 72 heavy (non-hydrogen) atoms. The second-order valence-electron chi connectivity index (χ2n) is 23.9. The summed E-state index contributed by atoms with van der Waals surface area (Å²) in [5.41, 5.74) is 24.1. The van der Waals surface area contributed by atoms with Crippen LogP contribution in [0.3, 0.4) is 0 Å². The summed E-state index contributed by atoms with van der Waals surface area (Å²) in [6, 6.07) is 70.6. The van der Waals surface area contributed by atoms with Gasteiger partial charge >= 0.3 is 0 Å². The molecule has 16 rings (SSSR count). The van der Waals surface area contributed by atoms with Gasteiger partial charge in [0.15, 0.2) is 0 Å². The molecule has 0 N–H and O–H groups in total. The van der Waals surface area contributed by atoms with Crippen molar-refractivity contribution in [3.05, 3.63) is 226 Å². The molecule has 0 unspecified atom stereocenters. The highest BCUT2D eigenvalue weighted by atomic mass is 14.5. The van der Waals surface area contributed by atoms with Gasteiger partial charge in [0.1, 0.15) is 0 Å². The molecule has 0 bridgehead atoms. The van der Waals surface area contributed by atoms with E-state index in [0.717, 1.165) is 0 Å². The highest BCUT2D eigenvalue weighted by Gasteiger charge is 2.47. The zero-order chi connectivity index (χ0) is 48.5. The lowest BCUT2D eigenvalue weighted by atomic mass is 9.57. The standard InChI is InChI=1S/C72H54/c1-69(2)53-35-29-43-25-33-51(67-59(43)63(53)61-55(71(67,5)6)37-27-41-23-31-49(65(69)57(41)61)47-21-13-17-39-15-9-11-19-45(39)47)52-34-26-44-30-36-54-64-60(44)68(52)72(7,8)56-38-28-42-24-32-50(66(70(54,3)4)58(42)62(56)64)48-22-14-18-40-16-10-12-20-46(40)48/h9-38H,1-8H3. The average Bonchev–Trinajstić information content (AvgIpc) is 3.39. The Morgan fingerprint density at radius 3 is 0.764 bits per heavy atom. The van der Waals surface area contributed by atoms with Crippen LogP contribution in [0.25, 0.3) is 120 Å². The van der Waals surface area contributed by atoms with Crippen LogP contribution in [-0.4, -0.2) is 0 Å². The summed E-state index contributed by atoms with van der Waals surface area (Å²) >= 11 is 0. The van der Waals surface area contributed by atoms with Crippen molar-refractivity contribution in [2.45, 2.75) is 77.0 Å². The lowest BCUT2D eigenvalue weighted by Crippen LogP contribution is -2.32. The normalized spacial score (nSPS) is 16.5. The van der Waals surface area contributed by atoms with E-state index in [1.807, 2.05) is 0 Å². The van der Waals surface area contributed by atoms with Gasteiger partial charge in [0.25, 0.3) is 0 Å². The maximum atomic E-state index is 2.52. The van der Waals surface area contributed by atoms with Crippen molar-refractivity contribution in [1.82, 2.24) is 0 Å². The molecule has 342 valence electrons. The molecule has 0 amide bonds. The van der Waals surface area contributed by atoms with Gasteiger partial charge in [-0.3, -0.25) is 0 Å². The molecule has 0 radical (unpaired) electrons. The number of rotatable bonds is 3. The van der Waals surface area contributed by atoms with Crippen molar-refractivity contribution in [3.63, 3.8) is 0 Å². The van der Waals surface area contributed by atoms with Gasteiger partial charge in [-0.2, -0.15) is 0 Å². The molecule has 12 aromatic carbocycles. The molecule has 0 saturated heterocycles. The first-order valence-electron chi connectivity index (χ1n) is 26.2. The zero-order valence-electron chi connectivity index (χ0n) is 42.3. The molecule has 0 fully saturated rings. The number of fused-ring (bicyclic) bond motifs is 2. The molecule has 0 spiro atoms. The predicted molar refractivity (Wildman–Crippen MR) is 307 cm³/mol. The van der Waals surface area contributed by atoms with E-state index in [2.05, 4.69) is 237 Å². The van der Waals surface area contributed by atoms with Crippen LogP contribution in [0.5, 0.6) is 0 Å². The monoisotopic (exact) mass is 918 g/mol. The zero-order valence-corrected chi connectivity index (χ0v) is 42.3. The van der Waals surface area contributed by atoms with Crippen molar-refractivity contribution >= 4 is 64.6 Å². The lowest BCUT2D eigenvalue weighted by Gasteiger charge is -2.46. The minimum Gasteiger partial charge on any atom is -0.0616 e. The van der Waals surface area contributed by atoms with E-state index in [1.54, 1.807) is 0 Å². The van der Waals surface area contributed by atoms with E-state index in [0.29, 0.717) is 0 Å². The Labute approximate surface area is 421 Å². The molecule has 0 atom stereocenters. The second kappa shape index (κ2) is 13.2. The van der Waals surface area contributed by atoms with Crippen LogP contribution in [-0.2, 0) is 21.7 Å². The van der Waals surface area contributed by atoms with Gasteiger partial charge in [0, 0.05) is 21.7 Å². The first-order valence-corrected chi connectivity index (χ1v) is 26.2. The summed E-state index contributed by atoms with van der Waals surface area (Å²) < 4.78 is 0. The summed E-state index contributed by atoms with van der Waals surface area (Å²) in [5.74, 6) is 0. The summed E-state index contributed by atoms with van der Waals surface area (Å²) in [4.78, 5) is 0. The Kier molecular flexibility index (Phi) is 7.48. The van der Waals surface area contributed by atoms with Gasteiger partial charge in [-0.15, -0.1) is 0 Å². The van der Waals surface area contributed by atoms with E-state index < -0.39 is 0 Å². The van der Waals surface area contributed by atoms with Crippen molar-refractivity contribution < 1.29 is 0 Å². The van der Waals surface area contributed by atoms with Crippen LogP contribution in [0.4, 0.5) is 0 Å². The van der Waals surface area contributed by atoms with Gasteiger partial charge in [0.2, 0.25) is 0 Å². The van der Waals surface area contributed by atoms with Crippen molar-refractivity contribution in [2.24, 2.45) is 0 Å². The third kappa shape index (κ3) is 4.72. The summed E-state index contributed by atoms with van der Waals surface area (Å²) in [6.07, 6.45) is 0. The fraction of sp³-hybridized carbons (Fsp3) is 0.167. The number of benzene rings is 12.